The highest BCUT2D eigenvalue weighted by atomic mass is 15.3. The minimum absolute atomic E-state index is 0.166. The van der Waals surface area contributed by atoms with Crippen LogP contribution in [0.2, 0.25) is 0 Å². The van der Waals surface area contributed by atoms with E-state index in [0.29, 0.717) is 5.56 Å². The molecule has 0 amide bonds. The van der Waals surface area contributed by atoms with Crippen molar-refractivity contribution in [3.05, 3.63) is 54.0 Å². The Morgan fingerprint density at radius 3 is 2.96 bits per heavy atom. The molecule has 1 aliphatic rings. The predicted octanol–water partition coefficient (Wildman–Crippen LogP) is 3.66. The van der Waals surface area contributed by atoms with Crippen LogP contribution in [0.4, 0.5) is 5.82 Å². The van der Waals surface area contributed by atoms with Crippen molar-refractivity contribution < 1.29 is 0 Å². The zero-order valence-electron chi connectivity index (χ0n) is 13.7. The van der Waals surface area contributed by atoms with E-state index in [1.807, 2.05) is 18.2 Å². The van der Waals surface area contributed by atoms with Crippen LogP contribution in [0.25, 0.3) is 11.0 Å². The number of hydrogen-bond donors (Lipinski definition) is 0. The average molecular weight is 317 g/mol. The molecule has 3 aromatic rings. The number of para-hydroxylation sites is 2. The number of nitrogens with zero attached hydrogens (tertiary/aromatic N) is 5. The van der Waals surface area contributed by atoms with Gasteiger partial charge in [0, 0.05) is 19.3 Å². The van der Waals surface area contributed by atoms with Crippen LogP contribution in [0.3, 0.4) is 0 Å². The van der Waals surface area contributed by atoms with Crippen molar-refractivity contribution in [1.82, 2.24) is 14.5 Å². The lowest BCUT2D eigenvalue weighted by atomic mass is 10.2. The number of imidazole rings is 1. The summed E-state index contributed by atoms with van der Waals surface area (Å²) in [6, 6.07) is 14.3. The molecule has 0 bridgehead atoms. The van der Waals surface area contributed by atoms with Crippen molar-refractivity contribution in [1.29, 1.82) is 5.26 Å². The van der Waals surface area contributed by atoms with Gasteiger partial charge >= 0.3 is 0 Å². The van der Waals surface area contributed by atoms with Gasteiger partial charge in [0.25, 0.3) is 0 Å². The molecule has 0 aliphatic carbocycles. The van der Waals surface area contributed by atoms with Crippen molar-refractivity contribution in [3.63, 3.8) is 0 Å². The van der Waals surface area contributed by atoms with Crippen LogP contribution in [-0.4, -0.2) is 21.1 Å². The Bertz CT molecular complexity index is 921. The topological polar surface area (TPSA) is 57.7 Å². The first-order chi connectivity index (χ1) is 11.8. The number of benzene rings is 1. The highest BCUT2D eigenvalue weighted by Gasteiger charge is 2.32. The van der Waals surface area contributed by atoms with Crippen molar-refractivity contribution in [2.45, 2.75) is 32.4 Å². The zero-order chi connectivity index (χ0) is 16.5. The van der Waals surface area contributed by atoms with Gasteiger partial charge in [-0.15, -0.1) is 0 Å². The fourth-order valence-electron chi connectivity index (χ4n) is 3.68. The summed E-state index contributed by atoms with van der Waals surface area (Å²) < 4.78 is 2.29. The van der Waals surface area contributed by atoms with Crippen LogP contribution in [-0.2, 0) is 6.54 Å². The van der Waals surface area contributed by atoms with E-state index in [1.54, 1.807) is 6.20 Å². The molecule has 5 nitrogen and oxygen atoms in total. The lowest BCUT2D eigenvalue weighted by molar-refractivity contribution is 0.605. The van der Waals surface area contributed by atoms with Crippen molar-refractivity contribution in [3.8, 4) is 6.07 Å². The van der Waals surface area contributed by atoms with Crippen LogP contribution in [0, 0.1) is 11.3 Å². The molecule has 0 unspecified atom stereocenters. The number of nitriles is 1. The molecule has 1 atom stereocenters. The first kappa shape index (κ1) is 14.7. The Balaban J connectivity index is 1.83. The number of pyridine rings is 1. The third-order valence-electron chi connectivity index (χ3n) is 4.73. The molecule has 0 radical (unpaired) electrons. The van der Waals surface area contributed by atoms with Crippen molar-refractivity contribution in [2.24, 2.45) is 0 Å². The molecule has 1 fully saturated rings. The highest BCUT2D eigenvalue weighted by molar-refractivity contribution is 5.76. The first-order valence-electron chi connectivity index (χ1n) is 8.40. The molecule has 1 saturated heterocycles. The van der Waals surface area contributed by atoms with Crippen LogP contribution >= 0.6 is 0 Å². The molecule has 5 heteroatoms. The molecular weight excluding hydrogens is 298 g/mol. The van der Waals surface area contributed by atoms with Gasteiger partial charge in [-0.1, -0.05) is 12.1 Å². The Morgan fingerprint density at radius 1 is 1.25 bits per heavy atom. The number of rotatable bonds is 3. The molecule has 2 aromatic heterocycles. The quantitative estimate of drug-likeness (QED) is 0.739. The normalized spacial score (nSPS) is 17.3. The molecule has 120 valence electrons. The minimum Gasteiger partial charge on any atom is -0.345 e. The molecule has 3 heterocycles. The van der Waals surface area contributed by atoms with Gasteiger partial charge in [0.15, 0.2) is 0 Å². The fraction of sp³-hybridized carbons (Fsp3) is 0.316. The molecule has 1 aliphatic heterocycles. The molecule has 4 rings (SSSR count). The Labute approximate surface area is 141 Å². The maximum absolute atomic E-state index is 9.41. The van der Waals surface area contributed by atoms with Crippen molar-refractivity contribution in [2.75, 3.05) is 11.4 Å². The van der Waals surface area contributed by atoms with Gasteiger partial charge in [0.2, 0.25) is 0 Å². The van der Waals surface area contributed by atoms with Gasteiger partial charge in [0.1, 0.15) is 17.7 Å². The highest BCUT2D eigenvalue weighted by Crippen LogP contribution is 2.37. The van der Waals surface area contributed by atoms with E-state index in [1.165, 1.54) is 5.52 Å². The smallest absolute Gasteiger partial charge is 0.147 e. The van der Waals surface area contributed by atoms with Crippen LogP contribution in [0.5, 0.6) is 0 Å². The molecular formula is C19H19N5. The average Bonchev–Trinajstić information content (AvgIpc) is 3.25. The summed E-state index contributed by atoms with van der Waals surface area (Å²) in [5.41, 5.74) is 2.83. The number of fused-ring (bicyclic) bond motifs is 1. The number of aromatic nitrogens is 3. The van der Waals surface area contributed by atoms with E-state index in [2.05, 4.69) is 45.6 Å². The first-order valence-corrected chi connectivity index (χ1v) is 8.40. The van der Waals surface area contributed by atoms with Gasteiger partial charge in [-0.25, -0.2) is 9.97 Å². The predicted molar refractivity (Wildman–Crippen MR) is 93.7 cm³/mol. The summed E-state index contributed by atoms with van der Waals surface area (Å²) in [4.78, 5) is 11.6. The Morgan fingerprint density at radius 2 is 2.12 bits per heavy atom. The summed E-state index contributed by atoms with van der Waals surface area (Å²) in [6.45, 7) is 3.94. The Hall–Kier alpha value is -2.87. The molecule has 0 spiro atoms. The van der Waals surface area contributed by atoms with E-state index in [9.17, 15) is 5.26 Å². The van der Waals surface area contributed by atoms with Gasteiger partial charge in [-0.3, -0.25) is 0 Å². The monoisotopic (exact) mass is 317 g/mol. The second kappa shape index (κ2) is 5.97. The van der Waals surface area contributed by atoms with Gasteiger partial charge < -0.3 is 9.47 Å². The zero-order valence-corrected chi connectivity index (χ0v) is 13.7. The largest absolute Gasteiger partial charge is 0.345 e. The number of hydrogen-bond acceptors (Lipinski definition) is 4. The molecule has 1 aromatic carbocycles. The third kappa shape index (κ3) is 2.23. The summed E-state index contributed by atoms with van der Waals surface area (Å²) in [6.07, 6.45) is 3.87. The fourth-order valence-corrected chi connectivity index (χ4v) is 3.68. The number of aryl methyl sites for hydroxylation is 1. The molecule has 24 heavy (non-hydrogen) atoms. The third-order valence-corrected chi connectivity index (χ3v) is 4.73. The number of anilines is 1. The van der Waals surface area contributed by atoms with E-state index in [-0.39, 0.29) is 6.04 Å². The Kier molecular flexibility index (Phi) is 3.66. The summed E-state index contributed by atoms with van der Waals surface area (Å²) in [5.74, 6) is 1.85. The van der Waals surface area contributed by atoms with Crippen LogP contribution in [0.1, 0.15) is 37.2 Å². The second-order valence-electron chi connectivity index (χ2n) is 6.04. The van der Waals surface area contributed by atoms with Crippen LogP contribution < -0.4 is 4.90 Å². The summed E-state index contributed by atoms with van der Waals surface area (Å²) in [7, 11) is 0. The van der Waals surface area contributed by atoms with Crippen molar-refractivity contribution >= 4 is 16.9 Å². The molecule has 0 N–H and O–H groups in total. The maximum Gasteiger partial charge on any atom is 0.147 e. The van der Waals surface area contributed by atoms with E-state index < -0.39 is 0 Å². The molecule has 0 saturated carbocycles. The lowest BCUT2D eigenvalue weighted by Crippen LogP contribution is -2.26. The second-order valence-corrected chi connectivity index (χ2v) is 6.04. The minimum atomic E-state index is 0.166. The van der Waals surface area contributed by atoms with Crippen LogP contribution in [0.15, 0.2) is 42.6 Å². The van der Waals surface area contributed by atoms with Gasteiger partial charge in [-0.05, 0) is 44.0 Å². The van der Waals surface area contributed by atoms with Gasteiger partial charge in [0.05, 0.1) is 22.6 Å². The van der Waals surface area contributed by atoms with Gasteiger partial charge in [-0.2, -0.15) is 5.26 Å². The SMILES string of the molecule is CCn1c([C@@H]2CCCN2c2ncccc2C#N)nc2ccccc21. The summed E-state index contributed by atoms with van der Waals surface area (Å²) in [5, 5.41) is 9.41. The van der Waals surface area contributed by atoms with E-state index in [4.69, 9.17) is 4.98 Å². The maximum atomic E-state index is 9.41. The summed E-state index contributed by atoms with van der Waals surface area (Å²) >= 11 is 0. The van der Waals surface area contributed by atoms with E-state index in [0.717, 1.165) is 43.1 Å². The standard InChI is InChI=1S/C19H19N5/c1-2-23-16-9-4-3-8-15(16)22-19(23)17-10-6-12-24(17)18-14(13-20)7-5-11-21-18/h3-5,7-9,11,17H,2,6,10,12H2,1H3/t17-/m0/s1. The van der Waals surface area contributed by atoms with E-state index >= 15 is 0 Å². The lowest BCUT2D eigenvalue weighted by Gasteiger charge is -2.26.